The van der Waals surface area contributed by atoms with Crippen LogP contribution in [0.15, 0.2) is 158 Å². The molecule has 0 spiro atoms. The van der Waals surface area contributed by atoms with Crippen LogP contribution in [0.4, 0.5) is 5.69 Å². The number of para-hydroxylation sites is 5. The van der Waals surface area contributed by atoms with Crippen molar-refractivity contribution in [2.24, 2.45) is 0 Å². The van der Waals surface area contributed by atoms with Crippen molar-refractivity contribution in [3.8, 4) is 39.7 Å². The number of aromatic nitrogens is 2. The molecule has 222 valence electrons. The van der Waals surface area contributed by atoms with Gasteiger partial charge >= 0.3 is 0 Å². The first-order valence-corrected chi connectivity index (χ1v) is 15.9. The Hall–Kier alpha value is -6.88. The fraction of sp³-hybridized carbons (Fsp3) is 0. The van der Waals surface area contributed by atoms with Gasteiger partial charge in [0.2, 0.25) is 5.69 Å². The summed E-state index contributed by atoms with van der Waals surface area (Å²) in [6, 6.07) is 56.5. The van der Waals surface area contributed by atoms with E-state index in [0.29, 0.717) is 11.3 Å². The maximum absolute atomic E-state index is 10.4. The Balaban J connectivity index is 1.21. The molecule has 0 amide bonds. The van der Waals surface area contributed by atoms with Crippen molar-refractivity contribution in [1.29, 1.82) is 5.26 Å². The van der Waals surface area contributed by atoms with Crippen molar-refractivity contribution < 1.29 is 0 Å². The summed E-state index contributed by atoms with van der Waals surface area (Å²) < 4.78 is 4.46. The van der Waals surface area contributed by atoms with E-state index in [1.165, 1.54) is 10.8 Å². The molecule has 9 rings (SSSR count). The highest BCUT2D eigenvalue weighted by Crippen LogP contribution is 2.41. The van der Waals surface area contributed by atoms with Crippen molar-refractivity contribution in [3.63, 3.8) is 0 Å². The fourth-order valence-electron chi connectivity index (χ4n) is 7.32. The molecule has 0 saturated carbocycles. The van der Waals surface area contributed by atoms with E-state index in [-0.39, 0.29) is 0 Å². The Morgan fingerprint density at radius 2 is 1.06 bits per heavy atom. The van der Waals surface area contributed by atoms with E-state index in [1.807, 2.05) is 36.4 Å². The summed E-state index contributed by atoms with van der Waals surface area (Å²) in [5, 5.41) is 15.0. The largest absolute Gasteiger partial charge is 0.318 e. The molecule has 7 aromatic carbocycles. The van der Waals surface area contributed by atoms with Gasteiger partial charge in [-0.25, -0.2) is 4.85 Å². The van der Waals surface area contributed by atoms with Crippen LogP contribution in [0.1, 0.15) is 5.56 Å². The number of hydrogen-bond acceptors (Lipinski definition) is 1. The zero-order chi connectivity index (χ0) is 32.2. The van der Waals surface area contributed by atoms with Crippen LogP contribution in [0.2, 0.25) is 0 Å². The van der Waals surface area contributed by atoms with Gasteiger partial charge in [-0.1, -0.05) is 115 Å². The SMILES string of the molecule is [C-]#[N+]c1cccc2c3ccccc3n(-c3ccccc3-c3cccc(-c4ccc(-n5c6ccccc6c6ccccc65)cc4C#N)c3)c12. The molecule has 2 aromatic heterocycles. The lowest BCUT2D eigenvalue weighted by Gasteiger charge is -2.16. The van der Waals surface area contributed by atoms with Gasteiger partial charge in [-0.2, -0.15) is 5.26 Å². The summed E-state index contributed by atoms with van der Waals surface area (Å²) in [5.74, 6) is 0. The quantitative estimate of drug-likeness (QED) is 0.183. The summed E-state index contributed by atoms with van der Waals surface area (Å²) >= 11 is 0. The van der Waals surface area contributed by atoms with Crippen LogP contribution in [0.3, 0.4) is 0 Å². The maximum atomic E-state index is 10.4. The second-order valence-corrected chi connectivity index (χ2v) is 11.9. The molecular weight excluding hydrogens is 585 g/mol. The normalized spacial score (nSPS) is 11.3. The monoisotopic (exact) mass is 610 g/mol. The standard InChI is InChI=1S/C44H26N4/c1-46-39-19-11-18-38-37-17-5-9-23-43(37)48(44(38)39)40-20-6-2-14-34(40)30-13-10-12-29(26-30)33-25-24-32(27-31(33)28-45)47-41-21-7-3-15-35(41)36-16-4-8-22-42(36)47/h2-27H. The summed E-state index contributed by atoms with van der Waals surface area (Å²) in [5.41, 5.74) is 11.3. The Morgan fingerprint density at radius 1 is 0.500 bits per heavy atom. The highest BCUT2D eigenvalue weighted by molar-refractivity contribution is 6.14. The summed E-state index contributed by atoms with van der Waals surface area (Å²) in [7, 11) is 0. The highest BCUT2D eigenvalue weighted by atomic mass is 15.0. The molecule has 0 atom stereocenters. The van der Waals surface area contributed by atoms with Gasteiger partial charge in [0.25, 0.3) is 0 Å². The third-order valence-corrected chi connectivity index (χ3v) is 9.39. The average molecular weight is 611 g/mol. The molecule has 0 aliphatic rings. The van der Waals surface area contributed by atoms with Gasteiger partial charge in [0, 0.05) is 27.4 Å². The number of benzene rings is 7. The van der Waals surface area contributed by atoms with Crippen LogP contribution in [-0.4, -0.2) is 9.13 Å². The number of fused-ring (bicyclic) bond motifs is 6. The molecule has 0 fully saturated rings. The van der Waals surface area contributed by atoms with Gasteiger partial charge in [-0.3, -0.25) is 0 Å². The molecule has 4 heteroatoms. The lowest BCUT2D eigenvalue weighted by molar-refractivity contribution is 1.18. The first-order valence-electron chi connectivity index (χ1n) is 15.9. The molecule has 0 aliphatic heterocycles. The molecule has 0 saturated heterocycles. The van der Waals surface area contributed by atoms with E-state index in [2.05, 4.69) is 141 Å². The third kappa shape index (κ3) is 4.07. The molecule has 0 radical (unpaired) electrons. The molecular formula is C44H26N4. The summed E-state index contributed by atoms with van der Waals surface area (Å²) in [4.78, 5) is 3.91. The molecule has 9 aromatic rings. The first kappa shape index (κ1) is 27.4. The third-order valence-electron chi connectivity index (χ3n) is 9.39. The second kappa shape index (κ2) is 10.9. The topological polar surface area (TPSA) is 38.0 Å². The Labute approximate surface area is 277 Å². The molecule has 0 unspecified atom stereocenters. The smallest absolute Gasteiger partial charge is 0.211 e. The minimum absolute atomic E-state index is 0.615. The summed E-state index contributed by atoms with van der Waals surface area (Å²) in [6.45, 7) is 7.96. The van der Waals surface area contributed by atoms with Gasteiger partial charge in [0.15, 0.2) is 0 Å². The maximum Gasteiger partial charge on any atom is 0.211 e. The number of hydrogen-bond donors (Lipinski definition) is 0. The zero-order valence-electron chi connectivity index (χ0n) is 25.8. The van der Waals surface area contributed by atoms with Crippen molar-refractivity contribution in [3.05, 3.63) is 175 Å². The van der Waals surface area contributed by atoms with Gasteiger partial charge in [0.05, 0.1) is 46.0 Å². The van der Waals surface area contributed by atoms with Crippen LogP contribution < -0.4 is 0 Å². The second-order valence-electron chi connectivity index (χ2n) is 11.9. The molecule has 2 heterocycles. The van der Waals surface area contributed by atoms with Crippen LogP contribution >= 0.6 is 0 Å². The Kier molecular flexibility index (Phi) is 6.22. The zero-order valence-corrected chi connectivity index (χ0v) is 25.8. The van der Waals surface area contributed by atoms with E-state index in [4.69, 9.17) is 6.57 Å². The molecule has 0 aliphatic carbocycles. The number of nitriles is 1. The van der Waals surface area contributed by atoms with Crippen LogP contribution in [0.5, 0.6) is 0 Å². The summed E-state index contributed by atoms with van der Waals surface area (Å²) in [6.07, 6.45) is 0. The van der Waals surface area contributed by atoms with E-state index in [9.17, 15) is 5.26 Å². The van der Waals surface area contributed by atoms with Crippen molar-refractivity contribution in [2.75, 3.05) is 0 Å². The molecule has 0 N–H and O–H groups in total. The minimum atomic E-state index is 0.615. The predicted molar refractivity (Wildman–Crippen MR) is 197 cm³/mol. The van der Waals surface area contributed by atoms with Gasteiger partial charge < -0.3 is 9.13 Å². The Bertz CT molecular complexity index is 2760. The van der Waals surface area contributed by atoms with E-state index in [0.717, 1.165) is 66.5 Å². The first-order chi connectivity index (χ1) is 23.7. The van der Waals surface area contributed by atoms with Crippen molar-refractivity contribution >= 4 is 49.3 Å². The molecule has 48 heavy (non-hydrogen) atoms. The van der Waals surface area contributed by atoms with Crippen LogP contribution in [0.25, 0.3) is 82.1 Å². The average Bonchev–Trinajstić information content (AvgIpc) is 3.68. The van der Waals surface area contributed by atoms with Gasteiger partial charge in [-0.05, 0) is 64.5 Å². The van der Waals surface area contributed by atoms with Crippen LogP contribution in [-0.2, 0) is 0 Å². The number of rotatable bonds is 4. The Morgan fingerprint density at radius 3 is 1.75 bits per heavy atom. The highest BCUT2D eigenvalue weighted by Gasteiger charge is 2.19. The number of nitrogens with zero attached hydrogens (tertiary/aromatic N) is 4. The van der Waals surface area contributed by atoms with E-state index >= 15 is 0 Å². The fourth-order valence-corrected chi connectivity index (χ4v) is 7.32. The van der Waals surface area contributed by atoms with Gasteiger partial charge in [-0.15, -0.1) is 0 Å². The van der Waals surface area contributed by atoms with E-state index in [1.54, 1.807) is 0 Å². The van der Waals surface area contributed by atoms with E-state index < -0.39 is 0 Å². The van der Waals surface area contributed by atoms with Crippen molar-refractivity contribution in [1.82, 2.24) is 9.13 Å². The molecule has 4 nitrogen and oxygen atoms in total. The lowest BCUT2D eigenvalue weighted by Crippen LogP contribution is -1.98. The molecule has 0 bridgehead atoms. The van der Waals surface area contributed by atoms with Gasteiger partial charge in [0.1, 0.15) is 0 Å². The lowest BCUT2D eigenvalue weighted by atomic mass is 9.95. The minimum Gasteiger partial charge on any atom is -0.318 e. The predicted octanol–water partition coefficient (Wildman–Crippen LogP) is 11.6. The van der Waals surface area contributed by atoms with Crippen LogP contribution in [0, 0.1) is 17.9 Å². The van der Waals surface area contributed by atoms with Crippen molar-refractivity contribution in [2.45, 2.75) is 0 Å².